The summed E-state index contributed by atoms with van der Waals surface area (Å²) in [4.78, 5) is 11.5. The van der Waals surface area contributed by atoms with Crippen LogP contribution in [0.15, 0.2) is 128 Å². The smallest absolute Gasteiger partial charge is 0.145 e. The standard InChI is InChI=1S/C37H27N5O.Pt/c1-26-21-22-38-37(23-26)41-33-16-7-6-15-31(33)32-20-19-29(25-36(32)41)40(27-11-4-3-5-12-27)28-13-10-14-30(24-28)42-35-18-9-8-17-34(35)39(2)43-42;/h3-23H,1-2H3;/q-2;/p+1/i1D3;. The molecule has 1 N–H and O–H groups in total. The van der Waals surface area contributed by atoms with Crippen LogP contribution in [0.4, 0.5) is 34.1 Å². The van der Waals surface area contributed by atoms with E-state index in [4.69, 9.17) is 9.05 Å². The van der Waals surface area contributed by atoms with Crippen LogP contribution in [0.3, 0.4) is 0 Å². The van der Waals surface area contributed by atoms with Gasteiger partial charge in [-0.3, -0.25) is 0 Å². The van der Waals surface area contributed by atoms with Crippen LogP contribution < -0.4 is 15.0 Å². The maximum Gasteiger partial charge on any atom is 0.145 e. The molecule has 1 aliphatic heterocycles. The van der Waals surface area contributed by atoms with Gasteiger partial charge in [-0.05, 0) is 60.3 Å². The number of nitrogens with zero attached hydrogens (tertiary/aromatic N) is 5. The van der Waals surface area contributed by atoms with E-state index in [1.807, 2.05) is 101 Å². The number of benzene rings is 5. The van der Waals surface area contributed by atoms with Gasteiger partial charge in [-0.1, -0.05) is 65.4 Å². The molecule has 1 aliphatic rings. The number of anilines is 6. The van der Waals surface area contributed by atoms with Crippen molar-refractivity contribution in [1.82, 2.24) is 9.55 Å². The minimum atomic E-state index is -2.26. The zero-order valence-corrected chi connectivity index (χ0v) is 25.9. The number of fused-ring (bicyclic) bond motifs is 4. The van der Waals surface area contributed by atoms with Crippen LogP contribution >= 0.6 is 0 Å². The molecule has 44 heavy (non-hydrogen) atoms. The summed E-state index contributed by atoms with van der Waals surface area (Å²) in [7, 11) is 1.94. The van der Waals surface area contributed by atoms with Crippen molar-refractivity contribution in [2.24, 2.45) is 0 Å². The summed E-state index contributed by atoms with van der Waals surface area (Å²) in [6.45, 7) is -2.26. The van der Waals surface area contributed by atoms with E-state index in [1.165, 1.54) is 0 Å². The van der Waals surface area contributed by atoms with E-state index < -0.39 is 6.85 Å². The molecule has 5 aromatic carbocycles. The second kappa shape index (κ2) is 11.3. The first-order chi connectivity index (χ1) is 22.4. The third-order valence-electron chi connectivity index (χ3n) is 7.71. The fourth-order valence-electron chi connectivity index (χ4n) is 5.80. The summed E-state index contributed by atoms with van der Waals surface area (Å²) in [5, 5.41) is 5.78. The number of hydroxylamine groups is 1. The molecular weight excluding hydrogens is 726 g/mol. The molecule has 0 radical (unpaired) electrons. The van der Waals surface area contributed by atoms with Gasteiger partial charge < -0.3 is 9.47 Å². The predicted molar refractivity (Wildman–Crippen MR) is 174 cm³/mol. The second-order valence-electron chi connectivity index (χ2n) is 10.4. The average molecular weight is 757 g/mol. The quantitative estimate of drug-likeness (QED) is 0.130. The van der Waals surface area contributed by atoms with E-state index in [2.05, 4.69) is 52.3 Å². The first kappa shape index (κ1) is 24.5. The van der Waals surface area contributed by atoms with Crippen molar-refractivity contribution in [3.8, 4) is 5.82 Å². The topological polar surface area (TPSA) is 40.3 Å². The van der Waals surface area contributed by atoms with Gasteiger partial charge in [0.15, 0.2) is 0 Å². The predicted octanol–water partition coefficient (Wildman–Crippen LogP) is 8.98. The number of hydrogen-bond donors (Lipinski definition) is 0. The maximum absolute atomic E-state index is 8.00. The molecule has 0 spiro atoms. The zero-order chi connectivity index (χ0) is 31.4. The van der Waals surface area contributed by atoms with Crippen LogP contribution in [0.2, 0.25) is 0 Å². The van der Waals surface area contributed by atoms with E-state index in [0.29, 0.717) is 5.82 Å². The summed E-state index contributed by atoms with van der Waals surface area (Å²) in [6, 6.07) is 47.0. The van der Waals surface area contributed by atoms with Crippen LogP contribution in [-0.4, -0.2) is 21.5 Å². The minimum absolute atomic E-state index is 0. The molecule has 0 fully saturated rings. The summed E-state index contributed by atoms with van der Waals surface area (Å²) < 4.78 is 26.0. The van der Waals surface area contributed by atoms with Crippen LogP contribution in [0.25, 0.3) is 27.6 Å². The van der Waals surface area contributed by atoms with Crippen LogP contribution in [-0.2, 0) is 21.1 Å². The number of hydrogen-bond acceptors (Lipinski definition) is 4. The largest absolute Gasteiger partial charge is 0.358 e. The Bertz CT molecular complexity index is 2240. The molecule has 7 heteroatoms. The molecule has 6 nitrogen and oxygen atoms in total. The summed E-state index contributed by atoms with van der Waals surface area (Å²) >= 11 is 0. The Balaban J connectivity index is 0.00000351. The molecular formula is C37H28N5OPt-. The fraction of sp³-hybridized carbons (Fsp3) is 0.0541. The van der Waals surface area contributed by atoms with Crippen LogP contribution in [0, 0.1) is 19.0 Å². The van der Waals surface area contributed by atoms with E-state index >= 15 is 0 Å². The van der Waals surface area contributed by atoms with Crippen molar-refractivity contribution in [2.45, 2.75) is 6.85 Å². The van der Waals surface area contributed by atoms with E-state index in [9.17, 15) is 0 Å². The van der Waals surface area contributed by atoms with Gasteiger partial charge >= 0.3 is 0 Å². The molecule has 0 saturated carbocycles. The normalized spacial score (nSPS) is 13.7. The molecule has 218 valence electrons. The zero-order valence-electron chi connectivity index (χ0n) is 26.6. The number of aromatic nitrogens is 2. The van der Waals surface area contributed by atoms with Gasteiger partial charge in [0.05, 0.1) is 7.05 Å². The molecule has 7 aromatic rings. The summed E-state index contributed by atoms with van der Waals surface area (Å²) in [6.07, 6.45) is 1.55. The van der Waals surface area contributed by atoms with Crippen LogP contribution in [0.5, 0.6) is 0 Å². The van der Waals surface area contributed by atoms with Crippen molar-refractivity contribution in [1.29, 1.82) is 0 Å². The Morgan fingerprint density at radius 3 is 2.39 bits per heavy atom. The Morgan fingerprint density at radius 2 is 1.52 bits per heavy atom. The molecule has 0 aliphatic carbocycles. The van der Waals surface area contributed by atoms with Crippen molar-refractivity contribution in [2.75, 3.05) is 22.1 Å². The average Bonchev–Trinajstić information content (AvgIpc) is 3.60. The molecule has 0 atom stereocenters. The maximum atomic E-state index is 8.00. The SMILES string of the molecule is [2H]C([2H])([2H])c1ccnc(-n2c3[c-]c(N(c4[c-]c(N5[OH+]N(C)c6ccccc65)ccc4)c4ccccc4)ccc3c3ccccc32)c1.[Pt]. The minimum Gasteiger partial charge on any atom is -0.358 e. The van der Waals surface area contributed by atoms with Gasteiger partial charge in [-0.2, -0.15) is 17.1 Å². The molecule has 8 rings (SSSR count). The second-order valence-corrected chi connectivity index (χ2v) is 10.4. The van der Waals surface area contributed by atoms with Crippen molar-refractivity contribution >= 4 is 55.9 Å². The monoisotopic (exact) mass is 756 g/mol. The van der Waals surface area contributed by atoms with E-state index in [0.717, 1.165) is 55.9 Å². The Kier molecular flexibility index (Phi) is 6.30. The molecule has 0 amide bonds. The molecule has 3 heterocycles. The van der Waals surface area contributed by atoms with Crippen molar-refractivity contribution in [3.63, 3.8) is 0 Å². The first-order valence-corrected chi connectivity index (χ1v) is 14.0. The third kappa shape index (κ3) is 4.64. The Morgan fingerprint density at radius 1 is 0.750 bits per heavy atom. The third-order valence-corrected chi connectivity index (χ3v) is 7.71. The van der Waals surface area contributed by atoms with Crippen LogP contribution in [0.1, 0.15) is 9.68 Å². The van der Waals surface area contributed by atoms with Gasteiger partial charge in [-0.25, -0.2) is 4.98 Å². The molecule has 0 saturated heterocycles. The van der Waals surface area contributed by atoms with Gasteiger partial charge in [-0.15, -0.1) is 45.8 Å². The van der Waals surface area contributed by atoms with Gasteiger partial charge in [0.2, 0.25) is 0 Å². The van der Waals surface area contributed by atoms with E-state index in [-0.39, 0.29) is 26.6 Å². The first-order valence-electron chi connectivity index (χ1n) is 15.5. The summed E-state index contributed by atoms with van der Waals surface area (Å²) in [5.74, 6) is 0.520. The number of aryl methyl sites for hydroxylation is 1. The Hall–Kier alpha value is -4.90. The molecule has 0 bridgehead atoms. The Labute approximate surface area is 274 Å². The van der Waals surface area contributed by atoms with Gasteiger partial charge in [0.1, 0.15) is 17.2 Å². The van der Waals surface area contributed by atoms with Crippen molar-refractivity contribution in [3.05, 3.63) is 145 Å². The number of para-hydroxylation sites is 4. The molecule has 2 aromatic heterocycles. The summed E-state index contributed by atoms with van der Waals surface area (Å²) in [5.41, 5.74) is 7.28. The van der Waals surface area contributed by atoms with E-state index in [1.54, 1.807) is 18.3 Å². The van der Waals surface area contributed by atoms with Crippen molar-refractivity contribution < 1.29 is 30.1 Å². The number of rotatable bonds is 5. The molecule has 0 unspecified atom stereocenters. The van der Waals surface area contributed by atoms with Gasteiger partial charge in [0.25, 0.3) is 0 Å². The fourth-order valence-corrected chi connectivity index (χ4v) is 5.80. The van der Waals surface area contributed by atoms with Gasteiger partial charge in [0, 0.05) is 48.3 Å². The number of pyridine rings is 1.